The summed E-state index contributed by atoms with van der Waals surface area (Å²) < 4.78 is 0. The quantitative estimate of drug-likeness (QED) is 0.898. The number of nitrogen functional groups attached to an aromatic ring is 1. The molecule has 1 aromatic heterocycles. The van der Waals surface area contributed by atoms with E-state index in [-0.39, 0.29) is 11.3 Å². The minimum atomic E-state index is -1.04. The third-order valence-corrected chi connectivity index (χ3v) is 3.97. The number of carboxylic acid groups (broad SMARTS) is 1. The standard InChI is InChI=1S/C15H16N2O2S/c1-9(2)10-3-5-11(6-4-10)20-14-13(16)12(15(18)19)7-8-17-14/h3-9H,16H2,1-2H3,(H,18,19). The molecule has 4 nitrogen and oxygen atoms in total. The fourth-order valence-corrected chi connectivity index (χ4v) is 2.58. The summed E-state index contributed by atoms with van der Waals surface area (Å²) in [6, 6.07) is 9.52. The highest BCUT2D eigenvalue weighted by molar-refractivity contribution is 7.99. The molecular weight excluding hydrogens is 272 g/mol. The van der Waals surface area contributed by atoms with Crippen LogP contribution in [0.3, 0.4) is 0 Å². The maximum absolute atomic E-state index is 11.0. The van der Waals surface area contributed by atoms with E-state index in [4.69, 9.17) is 10.8 Å². The molecule has 0 unspecified atom stereocenters. The Morgan fingerprint density at radius 2 is 1.90 bits per heavy atom. The van der Waals surface area contributed by atoms with Gasteiger partial charge in [0, 0.05) is 11.1 Å². The van der Waals surface area contributed by atoms with Crippen LogP contribution in [0.4, 0.5) is 5.69 Å². The number of aromatic carboxylic acids is 1. The summed E-state index contributed by atoms with van der Waals surface area (Å²) in [6.45, 7) is 4.27. The van der Waals surface area contributed by atoms with Crippen molar-refractivity contribution in [2.45, 2.75) is 29.7 Å². The number of aromatic nitrogens is 1. The van der Waals surface area contributed by atoms with Crippen LogP contribution in [0.1, 0.15) is 35.7 Å². The molecule has 0 aliphatic heterocycles. The van der Waals surface area contributed by atoms with Crippen LogP contribution in [-0.4, -0.2) is 16.1 Å². The molecule has 0 bridgehead atoms. The van der Waals surface area contributed by atoms with Crippen LogP contribution in [0, 0.1) is 0 Å². The largest absolute Gasteiger partial charge is 0.478 e. The van der Waals surface area contributed by atoms with Crippen LogP contribution in [0.15, 0.2) is 46.5 Å². The number of pyridine rings is 1. The lowest BCUT2D eigenvalue weighted by Gasteiger charge is -2.08. The molecule has 20 heavy (non-hydrogen) atoms. The van der Waals surface area contributed by atoms with E-state index in [1.807, 2.05) is 12.1 Å². The second-order valence-corrected chi connectivity index (χ2v) is 5.77. The molecule has 0 aliphatic rings. The zero-order valence-corrected chi connectivity index (χ0v) is 12.1. The van der Waals surface area contributed by atoms with Gasteiger partial charge < -0.3 is 10.8 Å². The summed E-state index contributed by atoms with van der Waals surface area (Å²) in [5.41, 5.74) is 7.40. The lowest BCUT2D eigenvalue weighted by Crippen LogP contribution is -2.04. The van der Waals surface area contributed by atoms with Gasteiger partial charge in [-0.2, -0.15) is 0 Å². The van der Waals surface area contributed by atoms with Gasteiger partial charge in [-0.3, -0.25) is 0 Å². The number of hydrogen-bond donors (Lipinski definition) is 2. The van der Waals surface area contributed by atoms with E-state index < -0.39 is 5.97 Å². The van der Waals surface area contributed by atoms with Gasteiger partial charge in [0.05, 0.1) is 11.3 Å². The number of rotatable bonds is 4. The highest BCUT2D eigenvalue weighted by Gasteiger charge is 2.13. The molecule has 0 radical (unpaired) electrons. The molecule has 1 aromatic carbocycles. The molecule has 0 saturated carbocycles. The molecule has 0 fully saturated rings. The van der Waals surface area contributed by atoms with E-state index in [1.54, 1.807) is 0 Å². The van der Waals surface area contributed by atoms with Crippen LogP contribution >= 0.6 is 11.8 Å². The second kappa shape index (κ2) is 5.96. The molecule has 0 atom stereocenters. The Morgan fingerprint density at radius 1 is 1.25 bits per heavy atom. The first-order valence-electron chi connectivity index (χ1n) is 6.24. The van der Waals surface area contributed by atoms with Gasteiger partial charge in [-0.05, 0) is 29.7 Å². The molecule has 104 valence electrons. The van der Waals surface area contributed by atoms with Gasteiger partial charge in [-0.1, -0.05) is 37.7 Å². The van der Waals surface area contributed by atoms with Crippen molar-refractivity contribution in [1.29, 1.82) is 0 Å². The average Bonchev–Trinajstić information content (AvgIpc) is 2.41. The Labute approximate surface area is 122 Å². The highest BCUT2D eigenvalue weighted by atomic mass is 32.2. The number of anilines is 1. The number of nitrogens with two attached hydrogens (primary N) is 1. The van der Waals surface area contributed by atoms with E-state index >= 15 is 0 Å². The van der Waals surface area contributed by atoms with Crippen LogP contribution in [0.25, 0.3) is 0 Å². The fourth-order valence-electron chi connectivity index (χ4n) is 1.75. The Kier molecular flexibility index (Phi) is 4.29. The summed E-state index contributed by atoms with van der Waals surface area (Å²) in [5, 5.41) is 9.55. The minimum absolute atomic E-state index is 0.0845. The number of carboxylic acids is 1. The molecule has 5 heteroatoms. The molecule has 0 amide bonds. The van der Waals surface area contributed by atoms with Crippen molar-refractivity contribution in [3.63, 3.8) is 0 Å². The summed E-state index contributed by atoms with van der Waals surface area (Å²) >= 11 is 1.37. The number of carbonyl (C=O) groups is 1. The van der Waals surface area contributed by atoms with Gasteiger partial charge >= 0.3 is 5.97 Å². The Bertz CT molecular complexity index is 624. The van der Waals surface area contributed by atoms with Gasteiger partial charge in [0.25, 0.3) is 0 Å². The lowest BCUT2D eigenvalue weighted by atomic mass is 10.0. The summed E-state index contributed by atoms with van der Waals surface area (Å²) in [7, 11) is 0. The van der Waals surface area contributed by atoms with Crippen molar-refractivity contribution >= 4 is 23.4 Å². The number of nitrogens with zero attached hydrogens (tertiary/aromatic N) is 1. The first-order valence-corrected chi connectivity index (χ1v) is 7.06. The van der Waals surface area contributed by atoms with E-state index in [9.17, 15) is 4.79 Å². The molecule has 2 rings (SSSR count). The van der Waals surface area contributed by atoms with Crippen molar-refractivity contribution in [2.75, 3.05) is 5.73 Å². The van der Waals surface area contributed by atoms with Crippen LogP contribution < -0.4 is 5.73 Å². The maximum Gasteiger partial charge on any atom is 0.337 e. The molecule has 0 saturated heterocycles. The minimum Gasteiger partial charge on any atom is -0.478 e. The molecule has 2 aromatic rings. The van der Waals surface area contributed by atoms with E-state index in [0.29, 0.717) is 10.9 Å². The summed E-state index contributed by atoms with van der Waals surface area (Å²) in [4.78, 5) is 16.2. The van der Waals surface area contributed by atoms with Gasteiger partial charge in [0.1, 0.15) is 5.03 Å². The molecular formula is C15H16N2O2S. The van der Waals surface area contributed by atoms with Gasteiger partial charge in [0.2, 0.25) is 0 Å². The van der Waals surface area contributed by atoms with Gasteiger partial charge in [-0.25, -0.2) is 9.78 Å². The normalized spacial score (nSPS) is 10.8. The summed E-state index contributed by atoms with van der Waals surface area (Å²) in [6.07, 6.45) is 1.46. The number of hydrogen-bond acceptors (Lipinski definition) is 4. The molecule has 0 aliphatic carbocycles. The van der Waals surface area contributed by atoms with Crippen molar-refractivity contribution in [1.82, 2.24) is 4.98 Å². The van der Waals surface area contributed by atoms with E-state index in [0.717, 1.165) is 4.90 Å². The predicted molar refractivity (Wildman–Crippen MR) is 80.3 cm³/mol. The second-order valence-electron chi connectivity index (χ2n) is 4.71. The van der Waals surface area contributed by atoms with Gasteiger partial charge in [0.15, 0.2) is 0 Å². The van der Waals surface area contributed by atoms with E-state index in [2.05, 4.69) is 31.0 Å². The topological polar surface area (TPSA) is 76.2 Å². The zero-order valence-electron chi connectivity index (χ0n) is 11.3. The Balaban J connectivity index is 2.26. The van der Waals surface area contributed by atoms with Crippen LogP contribution in [-0.2, 0) is 0 Å². The highest BCUT2D eigenvalue weighted by Crippen LogP contribution is 2.32. The first-order chi connectivity index (χ1) is 9.49. The fraction of sp³-hybridized carbons (Fsp3) is 0.200. The summed E-state index contributed by atoms with van der Waals surface area (Å²) in [5.74, 6) is -0.561. The predicted octanol–water partition coefficient (Wildman–Crippen LogP) is 3.64. The van der Waals surface area contributed by atoms with Crippen LogP contribution in [0.2, 0.25) is 0 Å². The molecule has 0 spiro atoms. The third-order valence-electron chi connectivity index (χ3n) is 2.95. The van der Waals surface area contributed by atoms with Crippen molar-refractivity contribution in [3.05, 3.63) is 47.7 Å². The molecule has 3 N–H and O–H groups in total. The lowest BCUT2D eigenvalue weighted by molar-refractivity contribution is 0.0697. The van der Waals surface area contributed by atoms with Gasteiger partial charge in [-0.15, -0.1) is 0 Å². The zero-order chi connectivity index (χ0) is 14.7. The van der Waals surface area contributed by atoms with Crippen LogP contribution in [0.5, 0.6) is 0 Å². The third kappa shape index (κ3) is 3.11. The molecule has 1 heterocycles. The van der Waals surface area contributed by atoms with Crippen molar-refractivity contribution < 1.29 is 9.90 Å². The van der Waals surface area contributed by atoms with E-state index in [1.165, 1.54) is 29.6 Å². The SMILES string of the molecule is CC(C)c1ccc(Sc2nccc(C(=O)O)c2N)cc1. The maximum atomic E-state index is 11.0. The monoisotopic (exact) mass is 288 g/mol. The average molecular weight is 288 g/mol. The van der Waals surface area contributed by atoms with Crippen molar-refractivity contribution in [2.24, 2.45) is 0 Å². The van der Waals surface area contributed by atoms with Crippen molar-refractivity contribution in [3.8, 4) is 0 Å². The smallest absolute Gasteiger partial charge is 0.337 e. The Hall–Kier alpha value is -2.01. The number of benzene rings is 1. The Morgan fingerprint density at radius 3 is 2.45 bits per heavy atom. The first kappa shape index (κ1) is 14.4.